The van der Waals surface area contributed by atoms with Gasteiger partial charge in [0.1, 0.15) is 18.3 Å². The van der Waals surface area contributed by atoms with Gasteiger partial charge < -0.3 is 29.4 Å². The van der Waals surface area contributed by atoms with Crippen LogP contribution >= 0.6 is 0 Å². The molecule has 2 aromatic rings. The lowest BCUT2D eigenvalue weighted by Gasteiger charge is -2.48. The Bertz CT molecular complexity index is 713. The minimum atomic E-state index is -0.852. The summed E-state index contributed by atoms with van der Waals surface area (Å²) in [6, 6.07) is 19.5. The molecular formula is C21H25NO5. The van der Waals surface area contributed by atoms with E-state index in [1.54, 1.807) is 0 Å². The average Bonchev–Trinajstić information content (AvgIpc) is 2.74. The fourth-order valence-corrected chi connectivity index (χ4v) is 3.64. The van der Waals surface area contributed by atoms with Crippen LogP contribution in [0.2, 0.25) is 0 Å². The fraction of sp³-hybridized carbons (Fsp3) is 0.429. The molecule has 6 nitrogen and oxygen atoms in total. The van der Waals surface area contributed by atoms with Crippen LogP contribution < -0.4 is 5.32 Å². The number of hydrogen-bond acceptors (Lipinski definition) is 6. The Labute approximate surface area is 159 Å². The van der Waals surface area contributed by atoms with E-state index in [1.165, 1.54) is 7.11 Å². The predicted octanol–water partition coefficient (Wildman–Crippen LogP) is 1.99. The van der Waals surface area contributed by atoms with E-state index in [0.29, 0.717) is 13.2 Å². The zero-order valence-corrected chi connectivity index (χ0v) is 15.2. The highest BCUT2D eigenvalue weighted by Crippen LogP contribution is 2.34. The molecule has 0 radical (unpaired) electrons. The SMILES string of the molecule is CO[C@@H]1O[C@@H]2CO[C@@H](c3ccccc3)O[C@H]2[C@H](NCc2ccccc2)[C@H]1O. The summed E-state index contributed by atoms with van der Waals surface area (Å²) in [5.74, 6) is 0. The molecule has 0 spiro atoms. The maximum Gasteiger partial charge on any atom is 0.185 e. The van der Waals surface area contributed by atoms with E-state index in [9.17, 15) is 5.11 Å². The molecule has 2 saturated heterocycles. The van der Waals surface area contributed by atoms with E-state index < -0.39 is 18.7 Å². The lowest BCUT2D eigenvalue weighted by Crippen LogP contribution is -2.66. The average molecular weight is 371 g/mol. The Morgan fingerprint density at radius 3 is 2.44 bits per heavy atom. The van der Waals surface area contributed by atoms with Crippen molar-refractivity contribution in [3.63, 3.8) is 0 Å². The number of aliphatic hydroxyl groups excluding tert-OH is 1. The van der Waals surface area contributed by atoms with Crippen molar-refractivity contribution in [2.24, 2.45) is 0 Å². The first-order chi connectivity index (χ1) is 13.3. The number of benzene rings is 2. The van der Waals surface area contributed by atoms with E-state index >= 15 is 0 Å². The number of hydrogen-bond donors (Lipinski definition) is 2. The normalized spacial score (nSPS) is 33.4. The van der Waals surface area contributed by atoms with Gasteiger partial charge in [0.2, 0.25) is 0 Å². The maximum absolute atomic E-state index is 10.8. The molecule has 144 valence electrons. The molecule has 2 aliphatic rings. The Morgan fingerprint density at radius 1 is 1.04 bits per heavy atom. The monoisotopic (exact) mass is 371 g/mol. The van der Waals surface area contributed by atoms with Gasteiger partial charge in [-0.1, -0.05) is 60.7 Å². The molecule has 0 unspecified atom stereocenters. The van der Waals surface area contributed by atoms with Gasteiger partial charge in [-0.15, -0.1) is 0 Å². The van der Waals surface area contributed by atoms with E-state index in [2.05, 4.69) is 5.32 Å². The van der Waals surface area contributed by atoms with Gasteiger partial charge >= 0.3 is 0 Å². The van der Waals surface area contributed by atoms with E-state index in [-0.39, 0.29) is 18.2 Å². The number of nitrogens with one attached hydrogen (secondary N) is 1. The third-order valence-electron chi connectivity index (χ3n) is 5.06. The predicted molar refractivity (Wildman–Crippen MR) is 98.8 cm³/mol. The number of fused-ring (bicyclic) bond motifs is 1. The second-order valence-electron chi connectivity index (χ2n) is 6.84. The highest BCUT2D eigenvalue weighted by molar-refractivity contribution is 5.17. The summed E-state index contributed by atoms with van der Waals surface area (Å²) >= 11 is 0. The molecule has 0 amide bonds. The van der Waals surface area contributed by atoms with Crippen LogP contribution in [0.4, 0.5) is 0 Å². The van der Waals surface area contributed by atoms with Crippen LogP contribution in [0, 0.1) is 0 Å². The molecule has 2 N–H and O–H groups in total. The van der Waals surface area contributed by atoms with E-state index in [1.807, 2.05) is 60.7 Å². The lowest BCUT2D eigenvalue weighted by atomic mass is 9.94. The van der Waals surface area contributed by atoms with Crippen LogP contribution in [0.5, 0.6) is 0 Å². The van der Waals surface area contributed by atoms with Gasteiger partial charge in [0.15, 0.2) is 12.6 Å². The molecule has 2 heterocycles. The molecule has 0 aliphatic carbocycles. The summed E-state index contributed by atoms with van der Waals surface area (Å²) in [4.78, 5) is 0. The van der Waals surface area contributed by atoms with Gasteiger partial charge in [0, 0.05) is 19.2 Å². The van der Waals surface area contributed by atoms with Crippen LogP contribution in [0.1, 0.15) is 17.4 Å². The van der Waals surface area contributed by atoms with Gasteiger partial charge in [-0.25, -0.2) is 0 Å². The molecule has 4 rings (SSSR count). The van der Waals surface area contributed by atoms with Crippen LogP contribution in [0.25, 0.3) is 0 Å². The number of aliphatic hydroxyl groups is 1. The topological polar surface area (TPSA) is 69.2 Å². The lowest BCUT2D eigenvalue weighted by molar-refractivity contribution is -0.341. The van der Waals surface area contributed by atoms with Crippen molar-refractivity contribution in [3.05, 3.63) is 71.8 Å². The van der Waals surface area contributed by atoms with Gasteiger partial charge in [0.25, 0.3) is 0 Å². The second-order valence-corrected chi connectivity index (χ2v) is 6.84. The molecule has 6 atom stereocenters. The maximum atomic E-state index is 10.8. The first kappa shape index (κ1) is 18.6. The highest BCUT2D eigenvalue weighted by atomic mass is 16.7. The van der Waals surface area contributed by atoms with Gasteiger partial charge in [-0.2, -0.15) is 0 Å². The summed E-state index contributed by atoms with van der Waals surface area (Å²) in [5.41, 5.74) is 2.08. The van der Waals surface area contributed by atoms with Crippen molar-refractivity contribution in [2.45, 2.75) is 43.5 Å². The summed E-state index contributed by atoms with van der Waals surface area (Å²) in [6.07, 6.45) is -2.72. The Hall–Kier alpha value is -1.80. The fourth-order valence-electron chi connectivity index (χ4n) is 3.64. The standard InChI is InChI=1S/C21H25NO5/c1-24-21-18(23)17(22-12-14-8-4-2-5-9-14)19-16(26-21)13-25-20(27-19)15-10-6-3-7-11-15/h2-11,16-23H,12-13H2,1H3/t16-,17-,18-,19-,20-,21-/m1/s1. The van der Waals surface area contributed by atoms with Crippen molar-refractivity contribution in [1.82, 2.24) is 5.32 Å². The van der Waals surface area contributed by atoms with Gasteiger partial charge in [0.05, 0.1) is 12.6 Å². The number of ether oxygens (including phenoxy) is 4. The van der Waals surface area contributed by atoms with Crippen LogP contribution in [0.3, 0.4) is 0 Å². The van der Waals surface area contributed by atoms with Crippen molar-refractivity contribution in [1.29, 1.82) is 0 Å². The summed E-state index contributed by atoms with van der Waals surface area (Å²) in [7, 11) is 1.53. The first-order valence-corrected chi connectivity index (χ1v) is 9.22. The summed E-state index contributed by atoms with van der Waals surface area (Å²) in [5, 5.41) is 14.2. The van der Waals surface area contributed by atoms with Crippen molar-refractivity contribution in [3.8, 4) is 0 Å². The van der Waals surface area contributed by atoms with E-state index in [4.69, 9.17) is 18.9 Å². The third kappa shape index (κ3) is 4.06. The minimum absolute atomic E-state index is 0.313. The van der Waals surface area contributed by atoms with Gasteiger partial charge in [-0.3, -0.25) is 0 Å². The summed E-state index contributed by atoms with van der Waals surface area (Å²) < 4.78 is 23.3. The molecule has 0 bridgehead atoms. The van der Waals surface area contributed by atoms with Crippen LogP contribution in [-0.4, -0.2) is 49.5 Å². The van der Waals surface area contributed by atoms with Crippen LogP contribution in [-0.2, 0) is 25.5 Å². The summed E-state index contributed by atoms with van der Waals surface area (Å²) in [6.45, 7) is 0.989. The molecule has 2 aromatic carbocycles. The second kappa shape index (κ2) is 8.48. The Balaban J connectivity index is 1.51. The molecule has 2 fully saturated rings. The molecule has 6 heteroatoms. The Morgan fingerprint density at radius 2 is 1.74 bits per heavy atom. The zero-order valence-electron chi connectivity index (χ0n) is 15.2. The Kier molecular flexibility index (Phi) is 5.83. The number of rotatable bonds is 5. The molecule has 0 aromatic heterocycles. The number of methoxy groups -OCH3 is 1. The van der Waals surface area contributed by atoms with Gasteiger partial charge in [-0.05, 0) is 5.56 Å². The molecular weight excluding hydrogens is 346 g/mol. The quantitative estimate of drug-likeness (QED) is 0.838. The largest absolute Gasteiger partial charge is 0.386 e. The van der Waals surface area contributed by atoms with Crippen molar-refractivity contribution < 1.29 is 24.1 Å². The minimum Gasteiger partial charge on any atom is -0.386 e. The first-order valence-electron chi connectivity index (χ1n) is 9.22. The van der Waals surface area contributed by atoms with Crippen molar-refractivity contribution in [2.75, 3.05) is 13.7 Å². The third-order valence-corrected chi connectivity index (χ3v) is 5.06. The zero-order chi connectivity index (χ0) is 18.6. The smallest absolute Gasteiger partial charge is 0.185 e. The highest BCUT2D eigenvalue weighted by Gasteiger charge is 2.49. The van der Waals surface area contributed by atoms with Crippen LogP contribution in [0.15, 0.2) is 60.7 Å². The molecule has 27 heavy (non-hydrogen) atoms. The molecule has 2 aliphatic heterocycles. The van der Waals surface area contributed by atoms with Crippen molar-refractivity contribution >= 4 is 0 Å². The van der Waals surface area contributed by atoms with E-state index in [0.717, 1.165) is 11.1 Å². The molecule has 0 saturated carbocycles.